The van der Waals surface area contributed by atoms with E-state index in [0.717, 1.165) is 11.1 Å². The topological polar surface area (TPSA) is 64.9 Å². The van der Waals surface area contributed by atoms with E-state index < -0.39 is 4.92 Å². The largest absolute Gasteiger partial charge is 0.483 e. The van der Waals surface area contributed by atoms with Gasteiger partial charge in [0.25, 0.3) is 0 Å². The monoisotopic (exact) mass is 237 g/mol. The third-order valence-corrected chi connectivity index (χ3v) is 2.76. The van der Waals surface area contributed by atoms with Gasteiger partial charge in [-0.25, -0.2) is 0 Å². The smallest absolute Gasteiger partial charge is 0.311 e. The van der Waals surface area contributed by atoms with Gasteiger partial charge in [-0.15, -0.1) is 0 Å². The number of nitrogens with zero attached hydrogens (tertiary/aromatic N) is 1. The zero-order chi connectivity index (χ0) is 12.6. The van der Waals surface area contributed by atoms with Crippen LogP contribution in [0.4, 0.5) is 5.69 Å². The molecule has 0 spiro atoms. The van der Waals surface area contributed by atoms with Crippen molar-refractivity contribution >= 4 is 5.69 Å². The first-order chi connectivity index (χ1) is 7.91. The van der Waals surface area contributed by atoms with Gasteiger partial charge < -0.3 is 9.47 Å². The number of nitro groups is 1. The zero-order valence-electron chi connectivity index (χ0n) is 10.1. The van der Waals surface area contributed by atoms with Crippen LogP contribution >= 0.6 is 0 Å². The summed E-state index contributed by atoms with van der Waals surface area (Å²) in [7, 11) is 0. The molecule has 1 aromatic rings. The molecule has 0 N–H and O–H groups in total. The van der Waals surface area contributed by atoms with Crippen molar-refractivity contribution in [3.05, 3.63) is 33.4 Å². The number of ether oxygens (including phenoxy) is 2. The first-order valence-electron chi connectivity index (χ1n) is 5.44. The van der Waals surface area contributed by atoms with Gasteiger partial charge in [0.15, 0.2) is 5.75 Å². The molecule has 5 nitrogen and oxygen atoms in total. The van der Waals surface area contributed by atoms with E-state index in [1.165, 1.54) is 6.07 Å². The van der Waals surface area contributed by atoms with Crippen LogP contribution in [0.15, 0.2) is 12.1 Å². The molecule has 1 saturated heterocycles. The second-order valence-electron chi connectivity index (χ2n) is 4.71. The quantitative estimate of drug-likeness (QED) is 0.458. The molecule has 1 fully saturated rings. The summed E-state index contributed by atoms with van der Waals surface area (Å²) in [6.45, 7) is 6.55. The Bertz CT molecular complexity index is 466. The van der Waals surface area contributed by atoms with Gasteiger partial charge >= 0.3 is 5.69 Å². The number of epoxide rings is 1. The Balaban J connectivity index is 2.27. The van der Waals surface area contributed by atoms with Crippen LogP contribution in [0.1, 0.15) is 18.1 Å². The van der Waals surface area contributed by atoms with Crippen LogP contribution in [-0.2, 0) is 4.74 Å². The molecule has 0 saturated carbocycles. The van der Waals surface area contributed by atoms with Crippen molar-refractivity contribution < 1.29 is 14.4 Å². The summed E-state index contributed by atoms with van der Waals surface area (Å²) in [5, 5.41) is 11.0. The summed E-state index contributed by atoms with van der Waals surface area (Å²) in [6.07, 6.45) is 0. The Morgan fingerprint density at radius 2 is 2.18 bits per heavy atom. The lowest BCUT2D eigenvalue weighted by molar-refractivity contribution is -0.386. The molecule has 5 heteroatoms. The Hall–Kier alpha value is -1.62. The normalized spacial score (nSPS) is 22.3. The van der Waals surface area contributed by atoms with Crippen molar-refractivity contribution in [3.63, 3.8) is 0 Å². The number of rotatable bonds is 4. The van der Waals surface area contributed by atoms with Crippen molar-refractivity contribution in [3.8, 4) is 5.75 Å². The van der Waals surface area contributed by atoms with Crippen molar-refractivity contribution in [1.82, 2.24) is 0 Å². The lowest BCUT2D eigenvalue weighted by atomic mass is 10.1. The molecule has 1 aromatic carbocycles. The zero-order valence-corrected chi connectivity index (χ0v) is 10.1. The minimum absolute atomic E-state index is 0.0201. The van der Waals surface area contributed by atoms with Gasteiger partial charge in [0.05, 0.1) is 11.5 Å². The van der Waals surface area contributed by atoms with E-state index >= 15 is 0 Å². The number of hydrogen-bond donors (Lipinski definition) is 0. The number of hydrogen-bond acceptors (Lipinski definition) is 4. The van der Waals surface area contributed by atoms with E-state index in [1.54, 1.807) is 0 Å². The van der Waals surface area contributed by atoms with Gasteiger partial charge in [-0.3, -0.25) is 10.1 Å². The third kappa shape index (κ3) is 2.55. The van der Waals surface area contributed by atoms with Crippen molar-refractivity contribution in [1.29, 1.82) is 0 Å². The Morgan fingerprint density at radius 3 is 2.71 bits per heavy atom. The predicted molar refractivity (Wildman–Crippen MR) is 62.4 cm³/mol. The molecular weight excluding hydrogens is 222 g/mol. The molecular formula is C12H15NO4. The summed E-state index contributed by atoms with van der Waals surface area (Å²) < 4.78 is 10.7. The minimum atomic E-state index is -0.411. The Kier molecular flexibility index (Phi) is 2.79. The predicted octanol–water partition coefficient (Wildman–Crippen LogP) is 2.38. The molecule has 1 unspecified atom stereocenters. The van der Waals surface area contributed by atoms with Crippen LogP contribution in [0, 0.1) is 24.0 Å². The molecule has 0 amide bonds. The summed E-state index contributed by atoms with van der Waals surface area (Å²) in [5.41, 5.74) is 1.38. The van der Waals surface area contributed by atoms with Gasteiger partial charge in [-0.1, -0.05) is 6.07 Å². The second kappa shape index (κ2) is 4.00. The van der Waals surface area contributed by atoms with E-state index in [2.05, 4.69) is 0 Å². The first kappa shape index (κ1) is 11.9. The van der Waals surface area contributed by atoms with Gasteiger partial charge in [-0.2, -0.15) is 0 Å². The number of nitro benzene ring substituents is 1. The molecule has 0 aromatic heterocycles. The summed E-state index contributed by atoms with van der Waals surface area (Å²) in [4.78, 5) is 10.5. The Labute approximate surface area is 99.5 Å². The third-order valence-electron chi connectivity index (χ3n) is 2.76. The maximum atomic E-state index is 11.0. The summed E-state index contributed by atoms with van der Waals surface area (Å²) in [5.74, 6) is 0.345. The highest BCUT2D eigenvalue weighted by atomic mass is 16.6. The highest BCUT2D eigenvalue weighted by molar-refractivity contribution is 5.53. The van der Waals surface area contributed by atoms with E-state index in [0.29, 0.717) is 19.0 Å². The molecule has 1 heterocycles. The van der Waals surface area contributed by atoms with Crippen LogP contribution < -0.4 is 4.74 Å². The lowest BCUT2D eigenvalue weighted by Gasteiger charge is -2.12. The van der Waals surface area contributed by atoms with Crippen LogP contribution in [-0.4, -0.2) is 23.7 Å². The second-order valence-corrected chi connectivity index (χ2v) is 4.71. The molecule has 1 atom stereocenters. The molecule has 1 aliphatic heterocycles. The van der Waals surface area contributed by atoms with Gasteiger partial charge in [0.1, 0.15) is 12.2 Å². The first-order valence-corrected chi connectivity index (χ1v) is 5.44. The summed E-state index contributed by atoms with van der Waals surface area (Å²) in [6, 6.07) is 3.40. The van der Waals surface area contributed by atoms with Gasteiger partial charge in [-0.05, 0) is 31.9 Å². The SMILES string of the molecule is Cc1cc(C)c(OCC2(C)CO2)c([N+](=O)[O-])c1. The number of aryl methyl sites for hydroxylation is 2. The van der Waals surface area contributed by atoms with Gasteiger partial charge in [0, 0.05) is 6.07 Å². The highest BCUT2D eigenvalue weighted by Crippen LogP contribution is 2.34. The molecule has 2 rings (SSSR count). The van der Waals surface area contributed by atoms with E-state index in [9.17, 15) is 10.1 Å². The minimum Gasteiger partial charge on any atom is -0.483 e. The highest BCUT2D eigenvalue weighted by Gasteiger charge is 2.40. The van der Waals surface area contributed by atoms with Crippen LogP contribution in [0.5, 0.6) is 5.75 Å². The average Bonchev–Trinajstić information content (AvgIpc) is 2.94. The Morgan fingerprint density at radius 1 is 1.53 bits per heavy atom. The van der Waals surface area contributed by atoms with Crippen LogP contribution in [0.25, 0.3) is 0 Å². The van der Waals surface area contributed by atoms with Crippen molar-refractivity contribution in [2.45, 2.75) is 26.4 Å². The van der Waals surface area contributed by atoms with Crippen LogP contribution in [0.3, 0.4) is 0 Å². The lowest BCUT2D eigenvalue weighted by Crippen LogP contribution is -2.18. The van der Waals surface area contributed by atoms with Crippen molar-refractivity contribution in [2.75, 3.05) is 13.2 Å². The molecule has 0 aliphatic carbocycles. The van der Waals surface area contributed by atoms with Crippen LogP contribution in [0.2, 0.25) is 0 Å². The van der Waals surface area contributed by atoms with Gasteiger partial charge in [0.2, 0.25) is 0 Å². The maximum Gasteiger partial charge on any atom is 0.311 e. The van der Waals surface area contributed by atoms with E-state index in [4.69, 9.17) is 9.47 Å². The molecule has 0 radical (unpaired) electrons. The maximum absolute atomic E-state index is 11.0. The fraction of sp³-hybridized carbons (Fsp3) is 0.500. The van der Waals surface area contributed by atoms with Crippen molar-refractivity contribution in [2.24, 2.45) is 0 Å². The fourth-order valence-corrected chi connectivity index (χ4v) is 1.69. The average molecular weight is 237 g/mol. The molecule has 17 heavy (non-hydrogen) atoms. The number of benzene rings is 1. The van der Waals surface area contributed by atoms with E-state index in [-0.39, 0.29) is 11.3 Å². The molecule has 0 bridgehead atoms. The standard InChI is InChI=1S/C12H15NO4/c1-8-4-9(2)11(10(5-8)13(14)15)16-6-12(3)7-17-12/h4-5H,6-7H2,1-3H3. The summed E-state index contributed by atoms with van der Waals surface area (Å²) >= 11 is 0. The molecule has 92 valence electrons. The molecule has 1 aliphatic rings. The van der Waals surface area contributed by atoms with E-state index in [1.807, 2.05) is 26.8 Å². The fourth-order valence-electron chi connectivity index (χ4n) is 1.69.